The molecule has 0 saturated carbocycles. The van der Waals surface area contributed by atoms with Crippen LogP contribution in [-0.4, -0.2) is 32.1 Å². The molecule has 0 atom stereocenters. The molecule has 180 valence electrons. The molecule has 0 radical (unpaired) electrons. The number of nitrogens with zero attached hydrogens (tertiary/aromatic N) is 3. The Morgan fingerprint density at radius 2 is 1.88 bits per heavy atom. The molecule has 2 N–H and O–H groups in total. The van der Waals surface area contributed by atoms with E-state index in [-0.39, 0.29) is 40.1 Å². The highest BCUT2D eigenvalue weighted by atomic mass is 16.5. The molecule has 1 saturated heterocycles. The fourth-order valence-corrected chi connectivity index (χ4v) is 5.30. The van der Waals surface area contributed by atoms with E-state index in [0.717, 1.165) is 43.5 Å². The maximum absolute atomic E-state index is 12.9. The molecule has 7 heteroatoms. The summed E-state index contributed by atoms with van der Waals surface area (Å²) in [6.45, 7) is 20.2. The molecule has 4 rings (SSSR count). The summed E-state index contributed by atoms with van der Waals surface area (Å²) in [6.07, 6.45) is 8.39. The van der Waals surface area contributed by atoms with Gasteiger partial charge in [-0.1, -0.05) is 26.5 Å². The molecule has 34 heavy (non-hydrogen) atoms. The Labute approximate surface area is 202 Å². The molecule has 0 aromatic carbocycles. The van der Waals surface area contributed by atoms with Gasteiger partial charge in [0.25, 0.3) is 5.82 Å². The largest absolute Gasteiger partial charge is 0.370 e. The van der Waals surface area contributed by atoms with E-state index in [2.05, 4.69) is 67.7 Å². The topological polar surface area (TPSA) is 84.3 Å². The summed E-state index contributed by atoms with van der Waals surface area (Å²) in [5.41, 5.74) is 3.53. The molecule has 7 nitrogen and oxygen atoms in total. The summed E-state index contributed by atoms with van der Waals surface area (Å²) in [5, 5.41) is 2.98. The van der Waals surface area contributed by atoms with Gasteiger partial charge in [0, 0.05) is 11.6 Å². The van der Waals surface area contributed by atoms with Crippen molar-refractivity contribution < 1.29 is 9.53 Å². The van der Waals surface area contributed by atoms with Crippen molar-refractivity contribution in [2.75, 3.05) is 5.32 Å². The number of hydrogen-bond donors (Lipinski definition) is 2. The van der Waals surface area contributed by atoms with Crippen LogP contribution in [0.2, 0.25) is 0 Å². The van der Waals surface area contributed by atoms with E-state index in [1.165, 1.54) is 11.8 Å². The zero-order valence-electron chi connectivity index (χ0n) is 21.1. The molecule has 3 heterocycles. The fraction of sp³-hybridized carbons (Fsp3) is 0.556. The minimum atomic E-state index is -0.379. The summed E-state index contributed by atoms with van der Waals surface area (Å²) in [5.74, 6) is 0.249. The highest BCUT2D eigenvalue weighted by Crippen LogP contribution is 2.44. The number of allylic oxidation sites excluding steroid dienone is 2. The number of aromatic amines is 1. The summed E-state index contributed by atoms with van der Waals surface area (Å²) in [6, 6.07) is 3.99. The SMILES string of the molecule is [C-]#[N+]c1cnc(C(=O)Nc2ccc(C3CC(C)(C)OC(C)(C)C3)nc2C2=CCC(C)(C)CC2)[nH]1. The number of anilines is 1. The van der Waals surface area contributed by atoms with Crippen molar-refractivity contribution in [2.24, 2.45) is 5.41 Å². The lowest BCUT2D eigenvalue weighted by atomic mass is 9.77. The van der Waals surface area contributed by atoms with Gasteiger partial charge in [0.05, 0.1) is 28.8 Å². The number of H-pyrrole nitrogens is 1. The maximum Gasteiger partial charge on any atom is 0.314 e. The number of rotatable bonds is 4. The van der Waals surface area contributed by atoms with Crippen LogP contribution in [0.5, 0.6) is 0 Å². The van der Waals surface area contributed by atoms with Gasteiger partial charge in [0.2, 0.25) is 5.82 Å². The normalized spacial score (nSPS) is 21.4. The number of amides is 1. The van der Waals surface area contributed by atoms with Gasteiger partial charge < -0.3 is 14.9 Å². The third kappa shape index (κ3) is 5.39. The van der Waals surface area contributed by atoms with Crippen LogP contribution in [0, 0.1) is 12.0 Å². The third-order valence-electron chi connectivity index (χ3n) is 6.79. The van der Waals surface area contributed by atoms with Crippen LogP contribution in [0.15, 0.2) is 24.4 Å². The summed E-state index contributed by atoms with van der Waals surface area (Å²) in [4.78, 5) is 28.1. The first-order valence-corrected chi connectivity index (χ1v) is 12.0. The first-order chi connectivity index (χ1) is 15.9. The van der Waals surface area contributed by atoms with E-state index in [0.29, 0.717) is 5.69 Å². The minimum Gasteiger partial charge on any atom is -0.370 e. The van der Waals surface area contributed by atoms with Gasteiger partial charge in [-0.2, -0.15) is 0 Å². The molecule has 2 aromatic heterocycles. The number of ether oxygens (including phenoxy) is 1. The predicted molar refractivity (Wildman–Crippen MR) is 134 cm³/mol. The fourth-order valence-electron chi connectivity index (χ4n) is 5.30. The molecule has 1 amide bonds. The molecule has 2 aliphatic rings. The van der Waals surface area contributed by atoms with Crippen LogP contribution >= 0.6 is 0 Å². The van der Waals surface area contributed by atoms with Crippen LogP contribution in [0.4, 0.5) is 11.5 Å². The highest BCUT2D eigenvalue weighted by Gasteiger charge is 2.40. The van der Waals surface area contributed by atoms with E-state index < -0.39 is 0 Å². The first-order valence-electron chi connectivity index (χ1n) is 12.0. The van der Waals surface area contributed by atoms with Crippen molar-refractivity contribution in [1.82, 2.24) is 15.0 Å². The Kier molecular flexibility index (Phi) is 6.15. The number of pyridine rings is 1. The summed E-state index contributed by atoms with van der Waals surface area (Å²) >= 11 is 0. The number of nitrogens with one attached hydrogen (secondary N) is 2. The number of aromatic nitrogens is 3. The number of hydrogen-bond acceptors (Lipinski definition) is 4. The van der Waals surface area contributed by atoms with Crippen molar-refractivity contribution in [3.63, 3.8) is 0 Å². The van der Waals surface area contributed by atoms with Gasteiger partial charge in [-0.25, -0.2) is 4.98 Å². The van der Waals surface area contributed by atoms with Crippen LogP contribution < -0.4 is 5.32 Å². The Morgan fingerprint density at radius 3 is 2.47 bits per heavy atom. The van der Waals surface area contributed by atoms with Crippen molar-refractivity contribution in [2.45, 2.75) is 90.8 Å². The minimum absolute atomic E-state index is 0.118. The Bertz CT molecular complexity index is 1150. The molecule has 2 aromatic rings. The monoisotopic (exact) mass is 461 g/mol. The van der Waals surface area contributed by atoms with E-state index >= 15 is 0 Å². The van der Waals surface area contributed by atoms with Crippen LogP contribution in [-0.2, 0) is 4.74 Å². The van der Waals surface area contributed by atoms with Crippen LogP contribution in [0.1, 0.15) is 102 Å². The van der Waals surface area contributed by atoms with Crippen molar-refractivity contribution in [3.8, 4) is 0 Å². The van der Waals surface area contributed by atoms with Crippen molar-refractivity contribution in [1.29, 1.82) is 0 Å². The second-order valence-electron chi connectivity index (χ2n) is 11.6. The number of carbonyl (C=O) groups is 1. The zero-order valence-corrected chi connectivity index (χ0v) is 21.1. The maximum atomic E-state index is 12.9. The van der Waals surface area contributed by atoms with Crippen LogP contribution in [0.25, 0.3) is 10.4 Å². The molecule has 1 aliphatic heterocycles. The van der Waals surface area contributed by atoms with Gasteiger partial charge in [0.1, 0.15) is 0 Å². The lowest BCUT2D eigenvalue weighted by molar-refractivity contribution is -0.162. The molecule has 0 unspecified atom stereocenters. The quantitative estimate of drug-likeness (QED) is 0.499. The average Bonchev–Trinajstić information content (AvgIpc) is 3.21. The van der Waals surface area contributed by atoms with E-state index in [9.17, 15) is 4.79 Å². The Morgan fingerprint density at radius 1 is 1.18 bits per heavy atom. The number of carbonyl (C=O) groups excluding carboxylic acids is 1. The molecular formula is C27H35N5O2. The van der Waals surface area contributed by atoms with Gasteiger partial charge in [-0.15, -0.1) is 0 Å². The van der Waals surface area contributed by atoms with Crippen molar-refractivity contribution in [3.05, 3.63) is 53.0 Å². The van der Waals surface area contributed by atoms with Gasteiger partial charge >= 0.3 is 5.91 Å². The van der Waals surface area contributed by atoms with E-state index in [1.54, 1.807) is 0 Å². The summed E-state index contributed by atoms with van der Waals surface area (Å²) in [7, 11) is 0. The Balaban J connectivity index is 1.69. The molecular weight excluding hydrogens is 426 g/mol. The summed E-state index contributed by atoms with van der Waals surface area (Å²) < 4.78 is 6.29. The average molecular weight is 462 g/mol. The Hall–Kier alpha value is -2.98. The molecule has 0 spiro atoms. The van der Waals surface area contributed by atoms with E-state index in [4.69, 9.17) is 16.3 Å². The lowest BCUT2D eigenvalue weighted by Gasteiger charge is -2.45. The molecule has 1 fully saturated rings. The highest BCUT2D eigenvalue weighted by molar-refractivity contribution is 6.03. The zero-order chi connectivity index (χ0) is 24.7. The standard InChI is InChI=1S/C27H35N5O2/c1-25(2)12-10-17(11-13-25)22-20(31-24(33)23-29-16-21(28-7)32-23)9-8-19(30-22)18-14-26(3,4)34-27(5,6)15-18/h8-10,16,18H,11-15H2,1-6H3,(H,29,32)(H,31,33). The van der Waals surface area contributed by atoms with Gasteiger partial charge in [0.15, 0.2) is 0 Å². The third-order valence-corrected chi connectivity index (χ3v) is 6.79. The van der Waals surface area contributed by atoms with E-state index in [1.807, 2.05) is 12.1 Å². The number of imidazole rings is 1. The molecule has 0 bridgehead atoms. The smallest absolute Gasteiger partial charge is 0.314 e. The predicted octanol–water partition coefficient (Wildman–Crippen LogP) is 6.65. The first kappa shape index (κ1) is 24.2. The van der Waals surface area contributed by atoms with Crippen LogP contribution in [0.3, 0.4) is 0 Å². The van der Waals surface area contributed by atoms with Gasteiger partial charge in [-0.3, -0.25) is 14.8 Å². The lowest BCUT2D eigenvalue weighted by Crippen LogP contribution is -2.44. The molecule has 1 aliphatic carbocycles. The second-order valence-corrected chi connectivity index (χ2v) is 11.6. The second kappa shape index (κ2) is 8.66. The van der Waals surface area contributed by atoms with Gasteiger partial charge in [-0.05, 0) is 82.9 Å². The van der Waals surface area contributed by atoms with Crippen molar-refractivity contribution >= 4 is 23.0 Å².